The number of allylic oxidation sites excluding steroid dienone is 1. The third-order valence-electron chi connectivity index (χ3n) is 2.86. The normalized spacial score (nSPS) is 10.5. The Morgan fingerprint density at radius 3 is 2.86 bits per heavy atom. The molecule has 0 spiro atoms. The lowest BCUT2D eigenvalue weighted by Gasteiger charge is -2.14. The smallest absolute Gasteiger partial charge is 0.222 e. The second kappa shape index (κ2) is 9.87. The SMILES string of the molecule is C=C(CCCOc1cnc(N)nc1NCCCC)OC(C)C. The first kappa shape index (κ1) is 18.1. The van der Waals surface area contributed by atoms with Crippen LogP contribution in [0.15, 0.2) is 18.5 Å². The highest BCUT2D eigenvalue weighted by molar-refractivity contribution is 5.51. The van der Waals surface area contributed by atoms with Crippen molar-refractivity contribution in [2.45, 2.75) is 52.6 Å². The Morgan fingerprint density at radius 2 is 2.18 bits per heavy atom. The van der Waals surface area contributed by atoms with Gasteiger partial charge in [-0.1, -0.05) is 19.9 Å². The largest absolute Gasteiger partial charge is 0.496 e. The Morgan fingerprint density at radius 1 is 1.41 bits per heavy atom. The molecular formula is C16H28N4O2. The van der Waals surface area contributed by atoms with Gasteiger partial charge in [0.15, 0.2) is 11.6 Å². The molecule has 3 N–H and O–H groups in total. The summed E-state index contributed by atoms with van der Waals surface area (Å²) in [6.45, 7) is 11.4. The van der Waals surface area contributed by atoms with Gasteiger partial charge in [-0.3, -0.25) is 0 Å². The molecule has 0 aliphatic heterocycles. The maximum absolute atomic E-state index is 5.74. The topological polar surface area (TPSA) is 82.3 Å². The van der Waals surface area contributed by atoms with Crippen LogP contribution in [0.3, 0.4) is 0 Å². The average molecular weight is 308 g/mol. The predicted molar refractivity (Wildman–Crippen MR) is 89.9 cm³/mol. The van der Waals surface area contributed by atoms with Crippen molar-refractivity contribution in [1.29, 1.82) is 0 Å². The van der Waals surface area contributed by atoms with Crippen LogP contribution in [-0.4, -0.2) is 29.2 Å². The maximum atomic E-state index is 5.74. The summed E-state index contributed by atoms with van der Waals surface area (Å²) in [4.78, 5) is 8.17. The third-order valence-corrected chi connectivity index (χ3v) is 2.86. The van der Waals surface area contributed by atoms with Gasteiger partial charge in [-0.05, 0) is 26.7 Å². The van der Waals surface area contributed by atoms with Gasteiger partial charge in [0.1, 0.15) is 0 Å². The van der Waals surface area contributed by atoms with Crippen LogP contribution < -0.4 is 15.8 Å². The number of nitrogens with zero attached hydrogens (tertiary/aromatic N) is 2. The summed E-state index contributed by atoms with van der Waals surface area (Å²) in [5.41, 5.74) is 5.63. The first-order chi connectivity index (χ1) is 10.5. The summed E-state index contributed by atoms with van der Waals surface area (Å²) in [5.74, 6) is 2.30. The summed E-state index contributed by atoms with van der Waals surface area (Å²) >= 11 is 0. The minimum Gasteiger partial charge on any atom is -0.496 e. The first-order valence-electron chi connectivity index (χ1n) is 7.86. The lowest BCUT2D eigenvalue weighted by molar-refractivity contribution is 0.137. The molecule has 6 nitrogen and oxygen atoms in total. The second-order valence-corrected chi connectivity index (χ2v) is 5.38. The van der Waals surface area contributed by atoms with E-state index in [9.17, 15) is 0 Å². The number of rotatable bonds is 11. The standard InChI is InChI=1S/C16H28N4O2/c1-5-6-9-18-15-14(11-19-16(17)20-15)21-10-7-8-13(4)22-12(2)3/h11-12H,4-10H2,1-3H3,(H3,17,18,19,20). The fraction of sp³-hybridized carbons (Fsp3) is 0.625. The second-order valence-electron chi connectivity index (χ2n) is 5.38. The number of nitrogen functional groups attached to an aromatic ring is 1. The van der Waals surface area contributed by atoms with Crippen molar-refractivity contribution in [3.05, 3.63) is 18.5 Å². The summed E-state index contributed by atoms with van der Waals surface area (Å²) in [6.07, 6.45) is 5.54. The molecule has 0 atom stereocenters. The lowest BCUT2D eigenvalue weighted by Crippen LogP contribution is -2.09. The molecule has 0 fully saturated rings. The number of ether oxygens (including phenoxy) is 2. The van der Waals surface area contributed by atoms with Crippen LogP contribution in [-0.2, 0) is 4.74 Å². The zero-order valence-corrected chi connectivity index (χ0v) is 13.9. The molecule has 0 aliphatic carbocycles. The van der Waals surface area contributed by atoms with E-state index >= 15 is 0 Å². The lowest BCUT2D eigenvalue weighted by atomic mass is 10.3. The Balaban J connectivity index is 2.42. The molecule has 6 heteroatoms. The van der Waals surface area contributed by atoms with Gasteiger partial charge in [-0.25, -0.2) is 4.98 Å². The van der Waals surface area contributed by atoms with Crippen LogP contribution >= 0.6 is 0 Å². The molecule has 0 radical (unpaired) electrons. The molecule has 0 aromatic carbocycles. The number of nitrogens with two attached hydrogens (primary N) is 1. The minimum absolute atomic E-state index is 0.160. The highest BCUT2D eigenvalue weighted by Crippen LogP contribution is 2.22. The van der Waals surface area contributed by atoms with Gasteiger partial charge < -0.3 is 20.5 Å². The quantitative estimate of drug-likeness (QED) is 0.482. The van der Waals surface area contributed by atoms with Gasteiger partial charge in [0, 0.05) is 13.0 Å². The number of hydrogen-bond acceptors (Lipinski definition) is 6. The Bertz CT molecular complexity index is 463. The van der Waals surface area contributed by atoms with Crippen LogP contribution in [0.5, 0.6) is 5.75 Å². The average Bonchev–Trinajstić information content (AvgIpc) is 2.45. The van der Waals surface area contributed by atoms with Crippen LogP contribution in [0.1, 0.15) is 46.5 Å². The van der Waals surface area contributed by atoms with Crippen LogP contribution in [0.25, 0.3) is 0 Å². The van der Waals surface area contributed by atoms with E-state index in [4.69, 9.17) is 15.2 Å². The Hall–Kier alpha value is -1.98. The highest BCUT2D eigenvalue weighted by atomic mass is 16.5. The fourth-order valence-electron chi connectivity index (χ4n) is 1.84. The fourth-order valence-corrected chi connectivity index (χ4v) is 1.84. The number of hydrogen-bond donors (Lipinski definition) is 2. The van der Waals surface area contributed by atoms with Gasteiger partial charge in [-0.15, -0.1) is 0 Å². The molecule has 0 aliphatic rings. The molecule has 1 heterocycles. The molecule has 1 aromatic rings. The molecule has 124 valence electrons. The summed E-state index contributed by atoms with van der Waals surface area (Å²) < 4.78 is 11.2. The van der Waals surface area contributed by atoms with E-state index in [1.165, 1.54) is 0 Å². The van der Waals surface area contributed by atoms with Crippen molar-refractivity contribution in [2.75, 3.05) is 24.2 Å². The van der Waals surface area contributed by atoms with Crippen molar-refractivity contribution in [3.8, 4) is 5.75 Å². The van der Waals surface area contributed by atoms with Crippen LogP contribution in [0.4, 0.5) is 11.8 Å². The molecular weight excluding hydrogens is 280 g/mol. The predicted octanol–water partition coefficient (Wildman–Crippen LogP) is 3.37. The van der Waals surface area contributed by atoms with Crippen LogP contribution in [0, 0.1) is 0 Å². The zero-order valence-electron chi connectivity index (χ0n) is 13.9. The van der Waals surface area contributed by atoms with Gasteiger partial charge in [0.05, 0.1) is 24.7 Å². The van der Waals surface area contributed by atoms with E-state index in [0.717, 1.165) is 38.0 Å². The maximum Gasteiger partial charge on any atom is 0.222 e. The monoisotopic (exact) mass is 308 g/mol. The Labute approximate surface area is 133 Å². The minimum atomic E-state index is 0.160. The number of unbranched alkanes of at least 4 members (excludes halogenated alkanes) is 1. The van der Waals surface area contributed by atoms with E-state index in [1.54, 1.807) is 6.20 Å². The van der Waals surface area contributed by atoms with E-state index < -0.39 is 0 Å². The highest BCUT2D eigenvalue weighted by Gasteiger charge is 2.07. The molecule has 0 saturated heterocycles. The molecule has 0 unspecified atom stereocenters. The van der Waals surface area contributed by atoms with Gasteiger partial charge in [0.25, 0.3) is 0 Å². The number of anilines is 2. The van der Waals surface area contributed by atoms with E-state index in [2.05, 4.69) is 28.8 Å². The van der Waals surface area contributed by atoms with E-state index in [1.807, 2.05) is 13.8 Å². The van der Waals surface area contributed by atoms with Crippen molar-refractivity contribution in [3.63, 3.8) is 0 Å². The van der Waals surface area contributed by atoms with E-state index in [-0.39, 0.29) is 12.1 Å². The zero-order chi connectivity index (χ0) is 16.4. The van der Waals surface area contributed by atoms with Crippen molar-refractivity contribution in [1.82, 2.24) is 9.97 Å². The molecule has 1 rings (SSSR count). The Kier molecular flexibility index (Phi) is 8.10. The van der Waals surface area contributed by atoms with Crippen molar-refractivity contribution < 1.29 is 9.47 Å². The number of nitrogens with one attached hydrogen (secondary N) is 1. The van der Waals surface area contributed by atoms with E-state index in [0.29, 0.717) is 18.2 Å². The van der Waals surface area contributed by atoms with Crippen molar-refractivity contribution in [2.24, 2.45) is 0 Å². The summed E-state index contributed by atoms with van der Waals surface area (Å²) in [5, 5.41) is 3.23. The van der Waals surface area contributed by atoms with Gasteiger partial charge in [0.2, 0.25) is 5.95 Å². The summed E-state index contributed by atoms with van der Waals surface area (Å²) in [7, 11) is 0. The summed E-state index contributed by atoms with van der Waals surface area (Å²) in [6, 6.07) is 0. The van der Waals surface area contributed by atoms with Gasteiger partial charge >= 0.3 is 0 Å². The molecule has 0 amide bonds. The molecule has 22 heavy (non-hydrogen) atoms. The molecule has 0 saturated carbocycles. The molecule has 0 bridgehead atoms. The molecule has 1 aromatic heterocycles. The first-order valence-corrected chi connectivity index (χ1v) is 7.86. The number of aromatic nitrogens is 2. The van der Waals surface area contributed by atoms with Gasteiger partial charge in [-0.2, -0.15) is 4.98 Å². The van der Waals surface area contributed by atoms with Crippen molar-refractivity contribution >= 4 is 11.8 Å². The van der Waals surface area contributed by atoms with Crippen LogP contribution in [0.2, 0.25) is 0 Å². The third kappa shape index (κ3) is 7.15.